The Morgan fingerprint density at radius 3 is 2.33 bits per heavy atom. The molecule has 0 atom stereocenters. The van der Waals surface area contributed by atoms with Crippen molar-refractivity contribution in [2.24, 2.45) is 0 Å². The van der Waals surface area contributed by atoms with Crippen LogP contribution in [-0.2, 0) is 0 Å². The molecule has 27 heavy (non-hydrogen) atoms. The predicted octanol–water partition coefficient (Wildman–Crippen LogP) is 5.70. The largest absolute Gasteiger partial charge is 0.490 e. The van der Waals surface area contributed by atoms with Crippen LogP contribution >= 0.6 is 23.2 Å². The topological polar surface area (TPSA) is 47.6 Å². The summed E-state index contributed by atoms with van der Waals surface area (Å²) in [6, 6.07) is 21.4. The average molecular weight is 402 g/mol. The summed E-state index contributed by atoms with van der Waals surface area (Å²) in [7, 11) is 0. The standard InChI is InChI=1S/C21H17Cl2NO3/c22-15-10-11-17(18(23)14-15)21(25)24-19-8-4-5-9-20(19)27-13-12-26-16-6-2-1-3-7-16/h1-11,14H,12-13H2,(H,24,25). The van der Waals surface area contributed by atoms with E-state index in [-0.39, 0.29) is 10.9 Å². The third-order valence-corrected chi connectivity index (χ3v) is 4.21. The number of amides is 1. The monoisotopic (exact) mass is 401 g/mol. The lowest BCUT2D eigenvalue weighted by Gasteiger charge is -2.13. The summed E-state index contributed by atoms with van der Waals surface area (Å²) in [5.74, 6) is 0.987. The van der Waals surface area contributed by atoms with E-state index in [1.54, 1.807) is 24.3 Å². The first-order valence-electron chi connectivity index (χ1n) is 8.29. The van der Waals surface area contributed by atoms with Crippen molar-refractivity contribution in [3.8, 4) is 11.5 Å². The molecule has 1 amide bonds. The van der Waals surface area contributed by atoms with E-state index >= 15 is 0 Å². The number of hydrogen-bond donors (Lipinski definition) is 1. The highest BCUT2D eigenvalue weighted by atomic mass is 35.5. The molecular formula is C21H17Cl2NO3. The maximum Gasteiger partial charge on any atom is 0.257 e. The van der Waals surface area contributed by atoms with E-state index in [2.05, 4.69) is 5.32 Å². The van der Waals surface area contributed by atoms with Crippen LogP contribution < -0.4 is 14.8 Å². The maximum absolute atomic E-state index is 12.5. The van der Waals surface area contributed by atoms with Crippen LogP contribution in [0.15, 0.2) is 72.8 Å². The van der Waals surface area contributed by atoms with Crippen LogP contribution in [0.3, 0.4) is 0 Å². The second kappa shape index (κ2) is 9.31. The summed E-state index contributed by atoms with van der Waals surface area (Å²) >= 11 is 12.0. The van der Waals surface area contributed by atoms with Gasteiger partial charge in [-0.3, -0.25) is 4.79 Å². The van der Waals surface area contributed by atoms with Gasteiger partial charge in [-0.2, -0.15) is 0 Å². The predicted molar refractivity (Wildman–Crippen MR) is 108 cm³/mol. The molecule has 0 spiro atoms. The highest BCUT2D eigenvalue weighted by Crippen LogP contribution is 2.26. The zero-order valence-corrected chi connectivity index (χ0v) is 15.8. The Kier molecular flexibility index (Phi) is 6.58. The van der Waals surface area contributed by atoms with Crippen LogP contribution in [0.5, 0.6) is 11.5 Å². The quantitative estimate of drug-likeness (QED) is 0.516. The summed E-state index contributed by atoms with van der Waals surface area (Å²) in [5, 5.41) is 3.57. The molecule has 4 nitrogen and oxygen atoms in total. The smallest absolute Gasteiger partial charge is 0.257 e. The van der Waals surface area contributed by atoms with Gasteiger partial charge in [-0.25, -0.2) is 0 Å². The lowest BCUT2D eigenvalue weighted by atomic mass is 10.2. The third-order valence-electron chi connectivity index (χ3n) is 3.66. The van der Waals surface area contributed by atoms with Crippen LogP contribution in [0.2, 0.25) is 10.0 Å². The molecule has 0 unspecified atom stereocenters. The first kappa shape index (κ1) is 19.1. The second-order valence-corrected chi connectivity index (χ2v) is 6.43. The average Bonchev–Trinajstić information content (AvgIpc) is 2.67. The Bertz CT molecular complexity index is 916. The van der Waals surface area contributed by atoms with E-state index in [1.165, 1.54) is 6.07 Å². The summed E-state index contributed by atoms with van der Waals surface area (Å²) in [6.45, 7) is 0.721. The van der Waals surface area contributed by atoms with Crippen LogP contribution in [-0.4, -0.2) is 19.1 Å². The fraction of sp³-hybridized carbons (Fsp3) is 0.0952. The number of nitrogens with one attached hydrogen (secondary N) is 1. The van der Waals surface area contributed by atoms with Gasteiger partial charge in [0.25, 0.3) is 5.91 Å². The van der Waals surface area contributed by atoms with Crippen LogP contribution in [0.25, 0.3) is 0 Å². The first-order valence-corrected chi connectivity index (χ1v) is 9.05. The Morgan fingerprint density at radius 1 is 0.852 bits per heavy atom. The number of hydrogen-bond acceptors (Lipinski definition) is 3. The molecule has 3 aromatic rings. The Hall–Kier alpha value is -2.69. The zero-order chi connectivity index (χ0) is 19.1. The van der Waals surface area contributed by atoms with Gasteiger partial charge in [-0.05, 0) is 42.5 Å². The van der Waals surface area contributed by atoms with Gasteiger partial charge in [0.15, 0.2) is 0 Å². The number of para-hydroxylation sites is 3. The van der Waals surface area contributed by atoms with Crippen molar-refractivity contribution in [1.82, 2.24) is 0 Å². The molecule has 6 heteroatoms. The SMILES string of the molecule is O=C(Nc1ccccc1OCCOc1ccccc1)c1ccc(Cl)cc1Cl. The number of ether oxygens (including phenoxy) is 2. The van der Waals surface area contributed by atoms with Crippen molar-refractivity contribution in [2.75, 3.05) is 18.5 Å². The number of rotatable bonds is 7. The number of anilines is 1. The molecule has 0 aliphatic heterocycles. The van der Waals surface area contributed by atoms with Crippen molar-refractivity contribution < 1.29 is 14.3 Å². The van der Waals surface area contributed by atoms with E-state index in [9.17, 15) is 4.79 Å². The molecule has 3 aromatic carbocycles. The first-order chi connectivity index (χ1) is 13.1. The summed E-state index contributed by atoms with van der Waals surface area (Å²) in [6.07, 6.45) is 0. The molecule has 0 radical (unpaired) electrons. The number of carbonyl (C=O) groups is 1. The van der Waals surface area contributed by atoms with Gasteiger partial charge >= 0.3 is 0 Å². The molecule has 0 heterocycles. The van der Waals surface area contributed by atoms with Gasteiger partial charge in [0.1, 0.15) is 24.7 Å². The molecular weight excluding hydrogens is 385 g/mol. The molecule has 0 saturated carbocycles. The molecule has 0 aliphatic carbocycles. The van der Waals surface area contributed by atoms with E-state index in [4.69, 9.17) is 32.7 Å². The summed E-state index contributed by atoms with van der Waals surface area (Å²) in [4.78, 5) is 12.5. The van der Waals surface area contributed by atoms with Gasteiger partial charge in [0.05, 0.1) is 16.3 Å². The molecule has 0 aromatic heterocycles. The lowest BCUT2D eigenvalue weighted by molar-refractivity contribution is 0.102. The summed E-state index contributed by atoms with van der Waals surface area (Å²) in [5.41, 5.74) is 0.886. The van der Waals surface area contributed by atoms with Crippen LogP contribution in [0, 0.1) is 0 Å². The highest BCUT2D eigenvalue weighted by Gasteiger charge is 2.13. The fourth-order valence-corrected chi connectivity index (χ4v) is 2.88. The molecule has 0 aliphatic rings. The van der Waals surface area contributed by atoms with Gasteiger partial charge in [0.2, 0.25) is 0 Å². The molecule has 0 fully saturated rings. The summed E-state index contributed by atoms with van der Waals surface area (Å²) < 4.78 is 11.4. The highest BCUT2D eigenvalue weighted by molar-refractivity contribution is 6.37. The minimum atomic E-state index is -0.340. The van der Waals surface area contributed by atoms with E-state index in [0.717, 1.165) is 5.75 Å². The molecule has 0 saturated heterocycles. The minimum absolute atomic E-state index is 0.287. The fourth-order valence-electron chi connectivity index (χ4n) is 2.39. The normalized spacial score (nSPS) is 10.3. The third kappa shape index (κ3) is 5.39. The molecule has 3 rings (SSSR count). The van der Waals surface area contributed by atoms with E-state index < -0.39 is 0 Å². The van der Waals surface area contributed by atoms with Crippen molar-refractivity contribution in [3.63, 3.8) is 0 Å². The van der Waals surface area contributed by atoms with Crippen LogP contribution in [0.4, 0.5) is 5.69 Å². The van der Waals surface area contributed by atoms with Crippen molar-refractivity contribution >= 4 is 34.8 Å². The van der Waals surface area contributed by atoms with Gasteiger partial charge in [0, 0.05) is 5.02 Å². The van der Waals surface area contributed by atoms with E-state index in [1.807, 2.05) is 42.5 Å². The van der Waals surface area contributed by atoms with Gasteiger partial charge in [-0.15, -0.1) is 0 Å². The molecule has 1 N–H and O–H groups in total. The zero-order valence-electron chi connectivity index (χ0n) is 14.3. The molecule has 0 bridgehead atoms. The lowest BCUT2D eigenvalue weighted by Crippen LogP contribution is -2.15. The molecule has 138 valence electrons. The van der Waals surface area contributed by atoms with Crippen molar-refractivity contribution in [2.45, 2.75) is 0 Å². The van der Waals surface area contributed by atoms with Gasteiger partial charge in [-0.1, -0.05) is 53.5 Å². The van der Waals surface area contributed by atoms with E-state index in [0.29, 0.717) is 35.2 Å². The Morgan fingerprint density at radius 2 is 1.56 bits per heavy atom. The van der Waals surface area contributed by atoms with Crippen LogP contribution in [0.1, 0.15) is 10.4 Å². The number of carbonyl (C=O) groups excluding carboxylic acids is 1. The Balaban J connectivity index is 1.61. The second-order valence-electron chi connectivity index (χ2n) is 5.58. The minimum Gasteiger partial charge on any atom is -0.490 e. The number of halogens is 2. The van der Waals surface area contributed by atoms with Crippen molar-refractivity contribution in [3.05, 3.63) is 88.4 Å². The van der Waals surface area contributed by atoms with Gasteiger partial charge < -0.3 is 14.8 Å². The Labute approximate surface area is 167 Å². The van der Waals surface area contributed by atoms with Crippen molar-refractivity contribution in [1.29, 1.82) is 0 Å². The number of benzene rings is 3. The maximum atomic E-state index is 12.5.